The number of carbonyl (C=O) groups is 2. The number of carboxylic acids is 1. The summed E-state index contributed by atoms with van der Waals surface area (Å²) in [5.74, 6) is -0.312. The number of carbonyl (C=O) groups excluding carboxylic acids is 1. The summed E-state index contributed by atoms with van der Waals surface area (Å²) >= 11 is 0. The average molecular weight is 286 g/mol. The second-order valence-corrected chi connectivity index (χ2v) is 5.56. The summed E-state index contributed by atoms with van der Waals surface area (Å²) in [7, 11) is 3.42. The molecule has 1 unspecified atom stereocenters. The molecule has 116 valence electrons. The predicted molar refractivity (Wildman–Crippen MR) is 75.7 cm³/mol. The number of carboxylic acid groups (broad SMARTS) is 1. The minimum absolute atomic E-state index is 0.0336. The molecule has 0 bridgehead atoms. The first-order valence-corrected chi connectivity index (χ1v) is 7.18. The third kappa shape index (κ3) is 5.00. The van der Waals surface area contributed by atoms with E-state index in [1.54, 1.807) is 19.1 Å². The standard InChI is InChI=1S/C14H26N2O4/c1-11(10-20-3)15(2)14(19)16-8-6-12(7-9-16)4-5-13(17)18/h11-12H,4-10H2,1-3H3,(H,17,18). The van der Waals surface area contributed by atoms with Gasteiger partial charge >= 0.3 is 12.0 Å². The summed E-state index contributed by atoms with van der Waals surface area (Å²) in [6, 6.07) is 0.0865. The molecule has 20 heavy (non-hydrogen) atoms. The Morgan fingerprint density at radius 2 is 2.00 bits per heavy atom. The molecule has 0 aliphatic carbocycles. The second-order valence-electron chi connectivity index (χ2n) is 5.56. The van der Waals surface area contributed by atoms with Crippen molar-refractivity contribution in [2.45, 2.75) is 38.6 Å². The fraction of sp³-hybridized carbons (Fsp3) is 0.857. The number of urea groups is 1. The highest BCUT2D eigenvalue weighted by Crippen LogP contribution is 2.22. The lowest BCUT2D eigenvalue weighted by molar-refractivity contribution is -0.137. The third-order valence-corrected chi connectivity index (χ3v) is 4.02. The number of amides is 2. The van der Waals surface area contributed by atoms with Crippen molar-refractivity contribution in [3.8, 4) is 0 Å². The van der Waals surface area contributed by atoms with Crippen LogP contribution in [0, 0.1) is 5.92 Å². The maximum absolute atomic E-state index is 12.3. The Morgan fingerprint density at radius 1 is 1.40 bits per heavy atom. The molecule has 1 aliphatic rings. The number of likely N-dealkylation sites (N-methyl/N-ethyl adjacent to an activating group) is 1. The highest BCUT2D eigenvalue weighted by atomic mass is 16.5. The number of likely N-dealkylation sites (tertiary alicyclic amines) is 1. The van der Waals surface area contributed by atoms with E-state index >= 15 is 0 Å². The molecule has 6 heteroatoms. The number of ether oxygens (including phenoxy) is 1. The molecular formula is C14H26N2O4. The van der Waals surface area contributed by atoms with Crippen molar-refractivity contribution in [3.63, 3.8) is 0 Å². The Balaban J connectivity index is 2.36. The number of methoxy groups -OCH3 is 1. The van der Waals surface area contributed by atoms with Gasteiger partial charge in [-0.05, 0) is 32.1 Å². The summed E-state index contributed by atoms with van der Waals surface area (Å²) in [4.78, 5) is 26.4. The third-order valence-electron chi connectivity index (χ3n) is 4.02. The van der Waals surface area contributed by atoms with Crippen molar-refractivity contribution >= 4 is 12.0 Å². The first-order chi connectivity index (χ1) is 9.45. The second kappa shape index (κ2) is 8.09. The van der Waals surface area contributed by atoms with Crippen LogP contribution in [0.3, 0.4) is 0 Å². The van der Waals surface area contributed by atoms with E-state index in [1.807, 2.05) is 11.8 Å². The van der Waals surface area contributed by atoms with Gasteiger partial charge in [0.05, 0.1) is 12.6 Å². The normalized spacial score (nSPS) is 17.9. The molecule has 1 N–H and O–H groups in total. The van der Waals surface area contributed by atoms with Crippen molar-refractivity contribution in [1.82, 2.24) is 9.80 Å². The van der Waals surface area contributed by atoms with Gasteiger partial charge in [-0.25, -0.2) is 4.79 Å². The van der Waals surface area contributed by atoms with Crippen molar-refractivity contribution in [3.05, 3.63) is 0 Å². The first kappa shape index (κ1) is 16.8. The molecule has 1 atom stereocenters. The molecule has 0 saturated carbocycles. The van der Waals surface area contributed by atoms with Gasteiger partial charge in [-0.3, -0.25) is 4.79 Å². The van der Waals surface area contributed by atoms with Gasteiger partial charge in [0.1, 0.15) is 0 Å². The molecular weight excluding hydrogens is 260 g/mol. The molecule has 0 aromatic carbocycles. The van der Waals surface area contributed by atoms with E-state index < -0.39 is 5.97 Å². The van der Waals surface area contributed by atoms with Gasteiger partial charge < -0.3 is 19.6 Å². The van der Waals surface area contributed by atoms with Crippen LogP contribution in [0.2, 0.25) is 0 Å². The van der Waals surface area contributed by atoms with Crippen LogP contribution in [0.5, 0.6) is 0 Å². The van der Waals surface area contributed by atoms with Crippen molar-refractivity contribution in [2.75, 3.05) is 33.9 Å². The fourth-order valence-corrected chi connectivity index (χ4v) is 2.51. The number of nitrogens with zero attached hydrogens (tertiary/aromatic N) is 2. The SMILES string of the molecule is COCC(C)N(C)C(=O)N1CCC(CCC(=O)O)CC1. The Hall–Kier alpha value is -1.30. The van der Waals surface area contributed by atoms with Gasteiger partial charge in [0, 0.05) is 33.7 Å². The minimum atomic E-state index is -0.739. The van der Waals surface area contributed by atoms with E-state index in [9.17, 15) is 9.59 Å². The zero-order valence-corrected chi connectivity index (χ0v) is 12.7. The summed E-state index contributed by atoms with van der Waals surface area (Å²) in [5, 5.41) is 8.69. The monoisotopic (exact) mass is 286 g/mol. The number of hydrogen-bond acceptors (Lipinski definition) is 3. The lowest BCUT2D eigenvalue weighted by atomic mass is 9.92. The largest absolute Gasteiger partial charge is 0.481 e. The maximum atomic E-state index is 12.3. The summed E-state index contributed by atoms with van der Waals surface area (Å²) in [5.41, 5.74) is 0. The Labute approximate surface area is 120 Å². The average Bonchev–Trinajstić information content (AvgIpc) is 2.44. The van der Waals surface area contributed by atoms with Crippen LogP contribution >= 0.6 is 0 Å². The van der Waals surface area contributed by atoms with Crippen molar-refractivity contribution in [2.24, 2.45) is 5.92 Å². The predicted octanol–water partition coefficient (Wildman–Crippen LogP) is 1.65. The maximum Gasteiger partial charge on any atom is 0.320 e. The highest BCUT2D eigenvalue weighted by molar-refractivity contribution is 5.74. The van der Waals surface area contributed by atoms with Gasteiger partial charge in [-0.2, -0.15) is 0 Å². The quantitative estimate of drug-likeness (QED) is 0.806. The van der Waals surface area contributed by atoms with Gasteiger partial charge in [0.15, 0.2) is 0 Å². The lowest BCUT2D eigenvalue weighted by Crippen LogP contribution is -2.49. The summed E-state index contributed by atoms with van der Waals surface area (Å²) in [6.45, 7) is 3.92. The van der Waals surface area contributed by atoms with Crippen LogP contribution in [-0.4, -0.2) is 66.8 Å². The molecule has 0 radical (unpaired) electrons. The molecule has 1 aliphatic heterocycles. The van der Waals surface area contributed by atoms with Crippen LogP contribution in [0.4, 0.5) is 4.79 Å². The van der Waals surface area contributed by atoms with E-state index in [1.165, 1.54) is 0 Å². The van der Waals surface area contributed by atoms with Crippen LogP contribution in [-0.2, 0) is 9.53 Å². The Morgan fingerprint density at radius 3 is 2.50 bits per heavy atom. The van der Waals surface area contributed by atoms with Gasteiger partial charge in [0.2, 0.25) is 0 Å². The van der Waals surface area contributed by atoms with Gasteiger partial charge in [-0.15, -0.1) is 0 Å². The van der Waals surface area contributed by atoms with Crippen molar-refractivity contribution in [1.29, 1.82) is 0 Å². The van der Waals surface area contributed by atoms with Crippen LogP contribution in [0.15, 0.2) is 0 Å². The van der Waals surface area contributed by atoms with Gasteiger partial charge in [0.25, 0.3) is 0 Å². The van der Waals surface area contributed by atoms with Crippen LogP contribution in [0.1, 0.15) is 32.6 Å². The van der Waals surface area contributed by atoms with Crippen LogP contribution < -0.4 is 0 Å². The summed E-state index contributed by atoms with van der Waals surface area (Å²) in [6.07, 6.45) is 2.73. The van der Waals surface area contributed by atoms with E-state index in [0.29, 0.717) is 32.0 Å². The highest BCUT2D eigenvalue weighted by Gasteiger charge is 2.26. The number of rotatable bonds is 6. The molecule has 6 nitrogen and oxygen atoms in total. The number of piperidine rings is 1. The van der Waals surface area contributed by atoms with Crippen molar-refractivity contribution < 1.29 is 19.4 Å². The topological polar surface area (TPSA) is 70.1 Å². The van der Waals surface area contributed by atoms with E-state index in [4.69, 9.17) is 9.84 Å². The van der Waals surface area contributed by atoms with Crippen LogP contribution in [0.25, 0.3) is 0 Å². The lowest BCUT2D eigenvalue weighted by Gasteiger charge is -2.36. The van der Waals surface area contributed by atoms with E-state index in [0.717, 1.165) is 12.8 Å². The molecule has 0 spiro atoms. The molecule has 0 aromatic rings. The molecule has 1 rings (SSSR count). The number of aliphatic carboxylic acids is 1. The molecule has 1 fully saturated rings. The van der Waals surface area contributed by atoms with Gasteiger partial charge in [-0.1, -0.05) is 0 Å². The molecule has 2 amide bonds. The van der Waals surface area contributed by atoms with E-state index in [2.05, 4.69) is 0 Å². The minimum Gasteiger partial charge on any atom is -0.481 e. The molecule has 0 aromatic heterocycles. The smallest absolute Gasteiger partial charge is 0.320 e. The van der Waals surface area contributed by atoms with E-state index in [-0.39, 0.29) is 18.5 Å². The fourth-order valence-electron chi connectivity index (χ4n) is 2.51. The molecule has 1 heterocycles. The molecule has 1 saturated heterocycles. The Bertz CT molecular complexity index is 327. The number of hydrogen-bond donors (Lipinski definition) is 1. The zero-order valence-electron chi connectivity index (χ0n) is 12.7. The Kier molecular flexibility index (Phi) is 6.78. The zero-order chi connectivity index (χ0) is 15.1. The summed E-state index contributed by atoms with van der Waals surface area (Å²) < 4.78 is 5.07. The first-order valence-electron chi connectivity index (χ1n) is 7.18.